The molecule has 0 bridgehead atoms. The van der Waals surface area contributed by atoms with Crippen molar-refractivity contribution in [3.63, 3.8) is 0 Å². The summed E-state index contributed by atoms with van der Waals surface area (Å²) < 4.78 is 4.76. The summed E-state index contributed by atoms with van der Waals surface area (Å²) in [6.07, 6.45) is 5.33. The minimum absolute atomic E-state index is 0.0597. The quantitative estimate of drug-likeness (QED) is 0.460. The predicted molar refractivity (Wildman–Crippen MR) is 85.7 cm³/mol. The third-order valence-electron chi connectivity index (χ3n) is 4.27. The number of thiocarbonyl (C=S) groups is 1. The minimum Gasteiger partial charge on any atom is -0.467 e. The van der Waals surface area contributed by atoms with Gasteiger partial charge in [-0.25, -0.2) is 4.79 Å². The van der Waals surface area contributed by atoms with Gasteiger partial charge in [0.2, 0.25) is 5.91 Å². The normalized spacial score (nSPS) is 19.4. The molecule has 0 aromatic rings. The Morgan fingerprint density at radius 1 is 1.19 bits per heavy atom. The molecule has 0 aliphatic heterocycles. The van der Waals surface area contributed by atoms with E-state index in [1.807, 2.05) is 13.8 Å². The number of amides is 1. The molecule has 6 heteroatoms. The number of ether oxygens (including phenoxy) is 1. The first-order valence-corrected chi connectivity index (χ1v) is 7.94. The van der Waals surface area contributed by atoms with E-state index in [-0.39, 0.29) is 16.8 Å². The van der Waals surface area contributed by atoms with Crippen LogP contribution in [0.25, 0.3) is 0 Å². The lowest BCUT2D eigenvalue weighted by atomic mass is 9.79. The van der Waals surface area contributed by atoms with Crippen molar-refractivity contribution in [2.24, 2.45) is 17.1 Å². The molecular weight excluding hydrogens is 288 g/mol. The highest BCUT2D eigenvalue weighted by Crippen LogP contribution is 2.36. The summed E-state index contributed by atoms with van der Waals surface area (Å²) in [5.74, 6) is -0.735. The molecule has 1 unspecified atom stereocenters. The maximum atomic E-state index is 12.8. The number of nitrogens with one attached hydrogen (secondary N) is 1. The van der Waals surface area contributed by atoms with Crippen LogP contribution in [0.1, 0.15) is 52.4 Å². The Morgan fingerprint density at radius 3 is 2.10 bits per heavy atom. The lowest BCUT2D eigenvalue weighted by Gasteiger charge is -2.32. The monoisotopic (exact) mass is 314 g/mol. The molecule has 0 heterocycles. The lowest BCUT2D eigenvalue weighted by Crippen LogP contribution is -2.54. The van der Waals surface area contributed by atoms with Crippen LogP contribution in [0.2, 0.25) is 0 Å². The zero-order chi connectivity index (χ0) is 16.0. The van der Waals surface area contributed by atoms with E-state index in [9.17, 15) is 9.59 Å². The van der Waals surface area contributed by atoms with E-state index in [4.69, 9.17) is 22.7 Å². The van der Waals surface area contributed by atoms with E-state index in [0.717, 1.165) is 25.7 Å². The van der Waals surface area contributed by atoms with Crippen molar-refractivity contribution in [3.05, 3.63) is 0 Å². The summed E-state index contributed by atoms with van der Waals surface area (Å²) in [4.78, 5) is 24.8. The number of esters is 1. The first kappa shape index (κ1) is 17.9. The van der Waals surface area contributed by atoms with E-state index >= 15 is 0 Å². The van der Waals surface area contributed by atoms with E-state index in [1.165, 1.54) is 7.11 Å². The Labute approximate surface area is 132 Å². The van der Waals surface area contributed by atoms with Crippen molar-refractivity contribution in [3.8, 4) is 0 Å². The van der Waals surface area contributed by atoms with Gasteiger partial charge in [0.05, 0.1) is 17.5 Å². The fraction of sp³-hybridized carbons (Fsp3) is 0.800. The molecule has 0 spiro atoms. The Bertz CT molecular complexity index is 402. The number of carbonyl (C=O) groups excluding carboxylic acids is 2. The second-order valence-electron chi connectivity index (χ2n) is 6.08. The molecule has 0 saturated heterocycles. The van der Waals surface area contributed by atoms with Crippen molar-refractivity contribution in [1.82, 2.24) is 5.32 Å². The Balaban J connectivity index is 2.95. The molecule has 1 amide bonds. The summed E-state index contributed by atoms with van der Waals surface area (Å²) >= 11 is 5.18. The third kappa shape index (κ3) is 4.15. The smallest absolute Gasteiger partial charge is 0.328 e. The van der Waals surface area contributed by atoms with Gasteiger partial charge in [-0.3, -0.25) is 4.79 Å². The van der Waals surface area contributed by atoms with Crippen LogP contribution in [-0.4, -0.2) is 30.0 Å². The van der Waals surface area contributed by atoms with Gasteiger partial charge in [-0.05, 0) is 18.8 Å². The SMILES string of the molecule is COC(=O)C(NC(=O)C1(C(N)=S)CCCCCC1)C(C)C. The molecule has 1 aliphatic carbocycles. The first-order valence-electron chi connectivity index (χ1n) is 7.54. The van der Waals surface area contributed by atoms with E-state index < -0.39 is 17.4 Å². The number of methoxy groups -OCH3 is 1. The van der Waals surface area contributed by atoms with Crippen LogP contribution in [0.3, 0.4) is 0 Å². The van der Waals surface area contributed by atoms with Gasteiger partial charge in [0.25, 0.3) is 0 Å². The van der Waals surface area contributed by atoms with Crippen LogP contribution in [0.5, 0.6) is 0 Å². The molecule has 1 aliphatic rings. The first-order chi connectivity index (χ1) is 9.85. The van der Waals surface area contributed by atoms with Crippen LogP contribution in [0, 0.1) is 11.3 Å². The summed E-state index contributed by atoms with van der Waals surface area (Å²) in [6.45, 7) is 3.73. The van der Waals surface area contributed by atoms with Crippen molar-refractivity contribution >= 4 is 29.1 Å². The van der Waals surface area contributed by atoms with E-state index in [1.54, 1.807) is 0 Å². The summed E-state index contributed by atoms with van der Waals surface area (Å²) in [6, 6.07) is -0.669. The van der Waals surface area contributed by atoms with Crippen LogP contribution >= 0.6 is 12.2 Å². The van der Waals surface area contributed by atoms with Gasteiger partial charge >= 0.3 is 5.97 Å². The van der Waals surface area contributed by atoms with Gasteiger partial charge < -0.3 is 15.8 Å². The number of hydrogen-bond donors (Lipinski definition) is 2. The van der Waals surface area contributed by atoms with Gasteiger partial charge in [-0.2, -0.15) is 0 Å². The van der Waals surface area contributed by atoms with Crippen LogP contribution < -0.4 is 11.1 Å². The van der Waals surface area contributed by atoms with Crippen molar-refractivity contribution in [2.45, 2.75) is 58.4 Å². The molecule has 1 fully saturated rings. The van der Waals surface area contributed by atoms with E-state index in [2.05, 4.69) is 5.32 Å². The highest BCUT2D eigenvalue weighted by Gasteiger charge is 2.43. The lowest BCUT2D eigenvalue weighted by molar-refractivity contribution is -0.147. The maximum Gasteiger partial charge on any atom is 0.328 e. The fourth-order valence-electron chi connectivity index (χ4n) is 2.82. The molecule has 5 nitrogen and oxygen atoms in total. The summed E-state index contributed by atoms with van der Waals surface area (Å²) in [7, 11) is 1.32. The Kier molecular flexibility index (Phi) is 6.58. The molecule has 0 radical (unpaired) electrons. The largest absolute Gasteiger partial charge is 0.467 e. The molecular formula is C15H26N2O3S. The highest BCUT2D eigenvalue weighted by atomic mass is 32.1. The van der Waals surface area contributed by atoms with E-state index in [0.29, 0.717) is 12.8 Å². The van der Waals surface area contributed by atoms with Crippen LogP contribution in [-0.2, 0) is 14.3 Å². The number of carbonyl (C=O) groups is 2. The van der Waals surface area contributed by atoms with Gasteiger partial charge in [-0.1, -0.05) is 51.7 Å². The highest BCUT2D eigenvalue weighted by molar-refractivity contribution is 7.80. The minimum atomic E-state index is -0.826. The molecule has 3 N–H and O–H groups in total. The standard InChI is InChI=1S/C15H26N2O3S/c1-10(2)11(12(18)20-3)17-14(19)15(13(16)21)8-6-4-5-7-9-15/h10-11H,4-9H2,1-3H3,(H2,16,21)(H,17,19). The molecule has 21 heavy (non-hydrogen) atoms. The average Bonchev–Trinajstić information content (AvgIpc) is 2.70. The van der Waals surface area contributed by atoms with Crippen molar-refractivity contribution in [1.29, 1.82) is 0 Å². The van der Waals surface area contributed by atoms with Gasteiger partial charge in [-0.15, -0.1) is 0 Å². The zero-order valence-electron chi connectivity index (χ0n) is 13.1. The molecule has 0 aromatic carbocycles. The zero-order valence-corrected chi connectivity index (χ0v) is 13.9. The molecule has 1 atom stereocenters. The fourth-order valence-corrected chi connectivity index (χ4v) is 3.12. The summed E-state index contributed by atoms with van der Waals surface area (Å²) in [5.41, 5.74) is 5.06. The predicted octanol–water partition coefficient (Wildman–Crippen LogP) is 1.93. The molecule has 1 rings (SSSR count). The van der Waals surface area contributed by atoms with Crippen molar-refractivity contribution < 1.29 is 14.3 Å². The molecule has 1 saturated carbocycles. The van der Waals surface area contributed by atoms with Gasteiger partial charge in [0.1, 0.15) is 6.04 Å². The number of nitrogens with two attached hydrogens (primary N) is 1. The Morgan fingerprint density at radius 2 is 1.71 bits per heavy atom. The second kappa shape index (κ2) is 7.73. The Hall–Kier alpha value is -1.17. The average molecular weight is 314 g/mol. The maximum absolute atomic E-state index is 12.8. The second-order valence-corrected chi connectivity index (χ2v) is 6.52. The topological polar surface area (TPSA) is 81.4 Å². The molecule has 120 valence electrons. The van der Waals surface area contributed by atoms with Crippen LogP contribution in [0.15, 0.2) is 0 Å². The molecule has 0 aromatic heterocycles. The number of rotatable bonds is 5. The van der Waals surface area contributed by atoms with Gasteiger partial charge in [0.15, 0.2) is 0 Å². The number of hydrogen-bond acceptors (Lipinski definition) is 4. The third-order valence-corrected chi connectivity index (χ3v) is 4.66. The summed E-state index contributed by atoms with van der Waals surface area (Å²) in [5, 5.41) is 2.81. The van der Waals surface area contributed by atoms with Crippen LogP contribution in [0.4, 0.5) is 0 Å². The van der Waals surface area contributed by atoms with Crippen molar-refractivity contribution in [2.75, 3.05) is 7.11 Å². The van der Waals surface area contributed by atoms with Gasteiger partial charge in [0, 0.05) is 0 Å².